The van der Waals surface area contributed by atoms with E-state index in [1.807, 2.05) is 0 Å². The summed E-state index contributed by atoms with van der Waals surface area (Å²) in [6.45, 7) is 0. The summed E-state index contributed by atoms with van der Waals surface area (Å²) in [7, 11) is -1.37. The number of halogens is 2. The van der Waals surface area contributed by atoms with E-state index in [0.717, 1.165) is 12.1 Å². The van der Waals surface area contributed by atoms with Gasteiger partial charge in [-0.3, -0.25) is 9.71 Å². The number of benzene rings is 1. The molecular formula is C21H15F2N7O3S. The van der Waals surface area contributed by atoms with Crippen molar-refractivity contribution < 1.29 is 21.9 Å². The summed E-state index contributed by atoms with van der Waals surface area (Å²) < 4.78 is 61.9. The normalized spacial score (nSPS) is 11.8. The molecule has 172 valence electrons. The Kier molecular flexibility index (Phi) is 5.05. The zero-order valence-electron chi connectivity index (χ0n) is 17.7. The molecule has 0 radical (unpaired) electrons. The lowest BCUT2D eigenvalue weighted by Crippen LogP contribution is -2.16. The first-order valence-corrected chi connectivity index (χ1v) is 11.2. The molecular weight excluding hydrogens is 468 g/mol. The topological polar surface area (TPSA) is 125 Å². The summed E-state index contributed by atoms with van der Waals surface area (Å²) in [5, 5.41) is 8.03. The molecule has 4 heterocycles. The molecule has 4 aromatic heterocycles. The number of fused-ring (bicyclic) bond motifs is 3. The van der Waals surface area contributed by atoms with Crippen LogP contribution in [0.3, 0.4) is 0 Å². The van der Waals surface area contributed by atoms with Gasteiger partial charge in [-0.05, 0) is 30.3 Å². The van der Waals surface area contributed by atoms with Gasteiger partial charge in [0, 0.05) is 24.9 Å². The van der Waals surface area contributed by atoms with Crippen LogP contribution in [0.4, 0.5) is 14.5 Å². The lowest BCUT2D eigenvalue weighted by atomic mass is 10.1. The van der Waals surface area contributed by atoms with Gasteiger partial charge in [0.15, 0.2) is 0 Å². The van der Waals surface area contributed by atoms with Gasteiger partial charge in [-0.15, -0.1) is 5.10 Å². The Morgan fingerprint density at radius 3 is 2.62 bits per heavy atom. The summed E-state index contributed by atoms with van der Waals surface area (Å²) in [4.78, 5) is 12.4. The van der Waals surface area contributed by atoms with E-state index in [1.165, 1.54) is 19.4 Å². The van der Waals surface area contributed by atoms with Gasteiger partial charge in [0.2, 0.25) is 5.88 Å². The minimum atomic E-state index is -4.42. The number of aryl methyl sites for hydroxylation is 1. The predicted octanol–water partition coefficient (Wildman–Crippen LogP) is 3.06. The van der Waals surface area contributed by atoms with Crippen molar-refractivity contribution in [2.24, 2.45) is 7.05 Å². The maximum absolute atomic E-state index is 14.1. The minimum Gasteiger partial charge on any atom is -0.480 e. The number of hydrogen-bond acceptors (Lipinski definition) is 8. The van der Waals surface area contributed by atoms with Crippen molar-refractivity contribution in [3.8, 4) is 17.1 Å². The quantitative estimate of drug-likeness (QED) is 0.404. The number of hydrogen-bond donors (Lipinski definition) is 1. The average molecular weight is 483 g/mol. The molecule has 0 aliphatic carbocycles. The van der Waals surface area contributed by atoms with Crippen LogP contribution >= 0.6 is 0 Å². The van der Waals surface area contributed by atoms with E-state index in [9.17, 15) is 17.2 Å². The smallest absolute Gasteiger partial charge is 0.264 e. The standard InChI is InChI=1S/C21H15F2N7O3S/c1-30-20-17(27-29-30)10-24-15-5-4-14(26-19(15)20)11-7-16(21(33-2)25-9-11)28-34(31,32)18-6-3-12(22)8-13(18)23/h3-10,28H,1-2H3. The molecule has 0 atom stereocenters. The van der Waals surface area contributed by atoms with Gasteiger partial charge in [0.05, 0.1) is 24.5 Å². The highest BCUT2D eigenvalue weighted by atomic mass is 32.2. The molecule has 0 aliphatic rings. The highest BCUT2D eigenvalue weighted by Crippen LogP contribution is 2.31. The van der Waals surface area contributed by atoms with E-state index in [4.69, 9.17) is 4.74 Å². The lowest BCUT2D eigenvalue weighted by molar-refractivity contribution is 0.400. The predicted molar refractivity (Wildman–Crippen MR) is 119 cm³/mol. The van der Waals surface area contributed by atoms with Crippen LogP contribution in [0, 0.1) is 11.6 Å². The summed E-state index contributed by atoms with van der Waals surface area (Å²) in [6, 6.07) is 7.08. The van der Waals surface area contributed by atoms with E-state index < -0.39 is 26.6 Å². The van der Waals surface area contributed by atoms with Gasteiger partial charge in [-0.25, -0.2) is 31.8 Å². The van der Waals surface area contributed by atoms with E-state index >= 15 is 0 Å². The molecule has 0 unspecified atom stereocenters. The van der Waals surface area contributed by atoms with E-state index in [-0.39, 0.29) is 11.6 Å². The van der Waals surface area contributed by atoms with Gasteiger partial charge in [0.25, 0.3) is 10.0 Å². The number of nitrogens with one attached hydrogen (secondary N) is 1. The first-order valence-electron chi connectivity index (χ1n) is 9.74. The lowest BCUT2D eigenvalue weighted by Gasteiger charge is -2.13. The first-order chi connectivity index (χ1) is 16.3. The Morgan fingerprint density at radius 2 is 1.85 bits per heavy atom. The van der Waals surface area contributed by atoms with Crippen molar-refractivity contribution >= 4 is 37.8 Å². The van der Waals surface area contributed by atoms with Crippen LogP contribution in [0.1, 0.15) is 0 Å². The van der Waals surface area contributed by atoms with Crippen LogP contribution in [0.5, 0.6) is 5.88 Å². The van der Waals surface area contributed by atoms with Crippen molar-refractivity contribution in [2.45, 2.75) is 4.90 Å². The number of sulfonamides is 1. The average Bonchev–Trinajstić information content (AvgIpc) is 3.19. The Bertz CT molecular complexity index is 1690. The van der Waals surface area contributed by atoms with Gasteiger partial charge >= 0.3 is 0 Å². The highest BCUT2D eigenvalue weighted by molar-refractivity contribution is 7.92. The number of rotatable bonds is 5. The summed E-state index contributed by atoms with van der Waals surface area (Å²) in [5.41, 5.74) is 3.29. The molecule has 1 aromatic carbocycles. The van der Waals surface area contributed by atoms with Crippen LogP contribution in [-0.4, -0.2) is 45.5 Å². The highest BCUT2D eigenvalue weighted by Gasteiger charge is 2.22. The zero-order chi connectivity index (χ0) is 24.0. The Morgan fingerprint density at radius 1 is 1.03 bits per heavy atom. The minimum absolute atomic E-state index is 0.0458. The molecule has 0 bridgehead atoms. The molecule has 0 saturated carbocycles. The Balaban J connectivity index is 1.60. The van der Waals surface area contributed by atoms with Crippen LogP contribution in [0.2, 0.25) is 0 Å². The van der Waals surface area contributed by atoms with Crippen LogP contribution in [0.25, 0.3) is 33.3 Å². The molecule has 5 rings (SSSR count). The molecule has 0 amide bonds. The maximum atomic E-state index is 14.1. The summed E-state index contributed by atoms with van der Waals surface area (Å²) in [6.07, 6.45) is 3.06. The Hall–Kier alpha value is -4.26. The van der Waals surface area contributed by atoms with E-state index in [1.54, 1.807) is 30.1 Å². The number of aromatic nitrogens is 6. The van der Waals surface area contributed by atoms with Gasteiger partial charge < -0.3 is 4.74 Å². The Labute approximate surface area is 191 Å². The van der Waals surface area contributed by atoms with Crippen LogP contribution in [0.15, 0.2) is 53.7 Å². The third-order valence-electron chi connectivity index (χ3n) is 5.05. The molecule has 34 heavy (non-hydrogen) atoms. The molecule has 10 nitrogen and oxygen atoms in total. The number of nitrogens with zero attached hydrogens (tertiary/aromatic N) is 6. The molecule has 0 saturated heterocycles. The van der Waals surface area contributed by atoms with Gasteiger partial charge in [-0.1, -0.05) is 5.21 Å². The number of pyridine rings is 3. The third kappa shape index (κ3) is 3.65. The van der Waals surface area contributed by atoms with Crippen molar-refractivity contribution in [3.05, 3.63) is 60.4 Å². The molecule has 5 aromatic rings. The fourth-order valence-electron chi connectivity index (χ4n) is 3.48. The number of methoxy groups -OCH3 is 1. The van der Waals surface area contributed by atoms with Gasteiger partial charge in [-0.2, -0.15) is 0 Å². The molecule has 0 fully saturated rings. The molecule has 0 spiro atoms. The van der Waals surface area contributed by atoms with Crippen molar-refractivity contribution in [2.75, 3.05) is 11.8 Å². The summed E-state index contributed by atoms with van der Waals surface area (Å²) in [5.74, 6) is -2.17. The van der Waals surface area contributed by atoms with Crippen molar-refractivity contribution in [1.29, 1.82) is 0 Å². The van der Waals surface area contributed by atoms with Crippen LogP contribution in [-0.2, 0) is 17.1 Å². The van der Waals surface area contributed by atoms with E-state index in [0.29, 0.717) is 39.4 Å². The zero-order valence-corrected chi connectivity index (χ0v) is 18.5. The SMILES string of the molecule is COc1ncc(-c2ccc3ncc4nnn(C)c4c3n2)cc1NS(=O)(=O)c1ccc(F)cc1F. The van der Waals surface area contributed by atoms with Crippen molar-refractivity contribution in [1.82, 2.24) is 29.9 Å². The monoisotopic (exact) mass is 483 g/mol. The molecule has 1 N–H and O–H groups in total. The first kappa shape index (κ1) is 21.6. The second-order valence-corrected chi connectivity index (χ2v) is 8.88. The maximum Gasteiger partial charge on any atom is 0.264 e. The molecule has 13 heteroatoms. The molecule has 0 aliphatic heterocycles. The van der Waals surface area contributed by atoms with Crippen molar-refractivity contribution in [3.63, 3.8) is 0 Å². The largest absolute Gasteiger partial charge is 0.480 e. The fourth-order valence-corrected chi connectivity index (χ4v) is 4.59. The third-order valence-corrected chi connectivity index (χ3v) is 6.44. The van der Waals surface area contributed by atoms with Crippen LogP contribution < -0.4 is 9.46 Å². The van der Waals surface area contributed by atoms with E-state index in [2.05, 4.69) is 30.0 Å². The number of ether oxygens (including phenoxy) is 1. The second-order valence-electron chi connectivity index (χ2n) is 7.23. The second kappa shape index (κ2) is 7.95. The summed E-state index contributed by atoms with van der Waals surface area (Å²) >= 11 is 0. The fraction of sp³-hybridized carbons (Fsp3) is 0.0952. The number of anilines is 1. The van der Waals surface area contributed by atoms with Gasteiger partial charge in [0.1, 0.15) is 38.8 Å².